The van der Waals surface area contributed by atoms with Gasteiger partial charge in [0.15, 0.2) is 6.10 Å². The van der Waals surface area contributed by atoms with Gasteiger partial charge in [-0.2, -0.15) is 0 Å². The Morgan fingerprint density at radius 1 is 1.13 bits per heavy atom. The van der Waals surface area contributed by atoms with Crippen LogP contribution in [0.2, 0.25) is 0 Å². The number of ether oxygens (including phenoxy) is 4. The van der Waals surface area contributed by atoms with Crippen LogP contribution in [-0.2, 0) is 14.3 Å². The summed E-state index contributed by atoms with van der Waals surface area (Å²) in [4.78, 5) is 20.1. The molecule has 0 radical (unpaired) electrons. The lowest BCUT2D eigenvalue weighted by Crippen LogP contribution is -2.18. The molecule has 0 bridgehead atoms. The van der Waals surface area contributed by atoms with E-state index in [-0.39, 0.29) is 18.3 Å². The molecule has 0 spiro atoms. The molecular formula is C22H21FN2O5. The summed E-state index contributed by atoms with van der Waals surface area (Å²) in [5.41, 5.74) is 0.980. The minimum absolute atomic E-state index is 0.279. The van der Waals surface area contributed by atoms with Crippen molar-refractivity contribution in [2.24, 2.45) is 0 Å². The Morgan fingerprint density at radius 2 is 1.87 bits per heavy atom. The summed E-state index contributed by atoms with van der Waals surface area (Å²) in [6.45, 7) is 3.76. The molecule has 1 aromatic heterocycles. The number of hydrogen-bond donors (Lipinski definition) is 0. The Kier molecular flexibility index (Phi) is 6.79. The third-order valence-electron chi connectivity index (χ3n) is 4.02. The van der Waals surface area contributed by atoms with Gasteiger partial charge in [0, 0.05) is 6.07 Å². The zero-order valence-electron chi connectivity index (χ0n) is 16.8. The second-order valence-electron chi connectivity index (χ2n) is 6.18. The lowest BCUT2D eigenvalue weighted by molar-refractivity contribution is -0.137. The first kappa shape index (κ1) is 21.0. The first-order valence-electron chi connectivity index (χ1n) is 9.27. The van der Waals surface area contributed by atoms with Crippen LogP contribution in [0.3, 0.4) is 0 Å². The highest BCUT2D eigenvalue weighted by Crippen LogP contribution is 2.25. The van der Waals surface area contributed by atoms with Crippen LogP contribution in [0.5, 0.6) is 17.4 Å². The van der Waals surface area contributed by atoms with Crippen LogP contribution >= 0.6 is 0 Å². The van der Waals surface area contributed by atoms with E-state index in [9.17, 15) is 9.18 Å². The summed E-state index contributed by atoms with van der Waals surface area (Å²) >= 11 is 0. The van der Waals surface area contributed by atoms with Gasteiger partial charge in [0.25, 0.3) is 0 Å². The molecule has 0 aliphatic rings. The molecule has 0 aliphatic heterocycles. The monoisotopic (exact) mass is 412 g/mol. The lowest BCUT2D eigenvalue weighted by atomic mass is 10.3. The van der Waals surface area contributed by atoms with E-state index in [0.29, 0.717) is 28.3 Å². The van der Waals surface area contributed by atoms with Crippen molar-refractivity contribution >= 4 is 17.0 Å². The average molecular weight is 412 g/mol. The second kappa shape index (κ2) is 9.69. The molecule has 0 amide bonds. The maximum Gasteiger partial charge on any atom is 0.334 e. The number of hydrogen-bond acceptors (Lipinski definition) is 7. The summed E-state index contributed by atoms with van der Waals surface area (Å²) in [6, 6.07) is 11.0. The maximum atomic E-state index is 13.2. The summed E-state index contributed by atoms with van der Waals surface area (Å²) in [5.74, 6) is 0.852. The number of esters is 1. The molecule has 3 aromatic rings. The molecule has 0 saturated heterocycles. The minimum Gasteiger partial charge on any atom is -0.497 e. The van der Waals surface area contributed by atoms with Gasteiger partial charge in [-0.05, 0) is 50.2 Å². The van der Waals surface area contributed by atoms with E-state index >= 15 is 0 Å². The number of nitrogens with zero attached hydrogens (tertiary/aromatic N) is 2. The molecule has 8 heteroatoms. The molecule has 1 atom stereocenters. The molecule has 0 fully saturated rings. The predicted molar refractivity (Wildman–Crippen MR) is 108 cm³/mol. The SMILES string of the molecule is CCOC(=O)C=C(OC)C(C)Oc1ccc(Oc2cnc3cc(F)ccc3n2)cc1. The van der Waals surface area contributed by atoms with Crippen molar-refractivity contribution in [3.05, 3.63) is 66.3 Å². The standard InChI is InChI=1S/C22H21FN2O5/c1-4-28-22(26)12-20(27-3)14(2)29-16-6-8-17(9-7-16)30-21-13-24-19-11-15(23)5-10-18(19)25-21/h5-14H,4H2,1-3H3. The molecule has 156 valence electrons. The van der Waals surface area contributed by atoms with Gasteiger partial charge >= 0.3 is 5.97 Å². The van der Waals surface area contributed by atoms with E-state index in [4.69, 9.17) is 18.9 Å². The average Bonchev–Trinajstić information content (AvgIpc) is 2.73. The molecule has 0 N–H and O–H groups in total. The van der Waals surface area contributed by atoms with Gasteiger partial charge < -0.3 is 18.9 Å². The van der Waals surface area contributed by atoms with Crippen molar-refractivity contribution in [3.63, 3.8) is 0 Å². The Bertz CT molecular complexity index is 1050. The predicted octanol–water partition coefficient (Wildman–Crippen LogP) is 4.42. The summed E-state index contributed by atoms with van der Waals surface area (Å²) < 4.78 is 34.8. The molecule has 0 saturated carbocycles. The van der Waals surface area contributed by atoms with Crippen molar-refractivity contribution < 1.29 is 28.1 Å². The van der Waals surface area contributed by atoms with Gasteiger partial charge in [-0.15, -0.1) is 0 Å². The lowest BCUT2D eigenvalue weighted by Gasteiger charge is -2.17. The first-order valence-corrected chi connectivity index (χ1v) is 9.27. The molecule has 3 rings (SSSR count). The maximum absolute atomic E-state index is 13.2. The van der Waals surface area contributed by atoms with Gasteiger partial charge in [-0.25, -0.2) is 19.2 Å². The molecule has 0 aliphatic carbocycles. The summed E-state index contributed by atoms with van der Waals surface area (Å²) in [6.07, 6.45) is 2.19. The molecule has 7 nitrogen and oxygen atoms in total. The van der Waals surface area contributed by atoms with Crippen molar-refractivity contribution in [1.82, 2.24) is 9.97 Å². The quantitative estimate of drug-likeness (QED) is 0.308. The summed E-state index contributed by atoms with van der Waals surface area (Å²) in [5, 5.41) is 0. The Labute approximate surface area is 173 Å². The molecule has 30 heavy (non-hydrogen) atoms. The van der Waals surface area contributed by atoms with Crippen LogP contribution in [0.25, 0.3) is 11.0 Å². The van der Waals surface area contributed by atoms with Crippen molar-refractivity contribution in [3.8, 4) is 17.4 Å². The Morgan fingerprint density at radius 3 is 2.57 bits per heavy atom. The molecule has 1 unspecified atom stereocenters. The second-order valence-corrected chi connectivity index (χ2v) is 6.18. The van der Waals surface area contributed by atoms with E-state index in [1.165, 1.54) is 31.5 Å². The van der Waals surface area contributed by atoms with Crippen LogP contribution in [0.4, 0.5) is 4.39 Å². The largest absolute Gasteiger partial charge is 0.497 e. The molecular weight excluding hydrogens is 391 g/mol. The number of rotatable bonds is 8. The number of halogens is 1. The van der Waals surface area contributed by atoms with Gasteiger partial charge in [0.2, 0.25) is 5.88 Å². The van der Waals surface area contributed by atoms with E-state index in [1.54, 1.807) is 44.2 Å². The third kappa shape index (κ3) is 5.44. The number of aromatic nitrogens is 2. The number of methoxy groups -OCH3 is 1. The van der Waals surface area contributed by atoms with E-state index in [2.05, 4.69) is 9.97 Å². The van der Waals surface area contributed by atoms with Gasteiger partial charge in [-0.1, -0.05) is 0 Å². The van der Waals surface area contributed by atoms with E-state index in [0.717, 1.165) is 0 Å². The fraction of sp³-hybridized carbons (Fsp3) is 0.227. The summed E-state index contributed by atoms with van der Waals surface area (Å²) in [7, 11) is 1.46. The van der Waals surface area contributed by atoms with Crippen LogP contribution in [0.1, 0.15) is 13.8 Å². The fourth-order valence-corrected chi connectivity index (χ4v) is 2.63. The normalized spacial score (nSPS) is 12.3. The highest BCUT2D eigenvalue weighted by atomic mass is 19.1. The van der Waals surface area contributed by atoms with E-state index in [1.807, 2.05) is 0 Å². The smallest absolute Gasteiger partial charge is 0.334 e. The van der Waals surface area contributed by atoms with E-state index < -0.39 is 12.1 Å². The van der Waals surface area contributed by atoms with Crippen LogP contribution < -0.4 is 9.47 Å². The first-order chi connectivity index (χ1) is 14.5. The zero-order valence-corrected chi connectivity index (χ0v) is 16.8. The van der Waals surface area contributed by atoms with Crippen molar-refractivity contribution in [2.45, 2.75) is 20.0 Å². The topological polar surface area (TPSA) is 79.8 Å². The van der Waals surface area contributed by atoms with Crippen LogP contribution in [0, 0.1) is 5.82 Å². The van der Waals surface area contributed by atoms with Gasteiger partial charge in [0.1, 0.15) is 23.1 Å². The minimum atomic E-state index is -0.502. The molecule has 2 aromatic carbocycles. The zero-order chi connectivity index (χ0) is 21.5. The van der Waals surface area contributed by atoms with Gasteiger partial charge in [0.05, 0.1) is 37.0 Å². The molecule has 1 heterocycles. The third-order valence-corrected chi connectivity index (χ3v) is 4.02. The number of fused-ring (bicyclic) bond motifs is 1. The highest BCUT2D eigenvalue weighted by Gasteiger charge is 2.14. The van der Waals surface area contributed by atoms with Crippen molar-refractivity contribution in [1.29, 1.82) is 0 Å². The fourth-order valence-electron chi connectivity index (χ4n) is 2.63. The van der Waals surface area contributed by atoms with Crippen LogP contribution in [-0.4, -0.2) is 35.8 Å². The number of carbonyl (C=O) groups excluding carboxylic acids is 1. The van der Waals surface area contributed by atoms with Crippen molar-refractivity contribution in [2.75, 3.05) is 13.7 Å². The van der Waals surface area contributed by atoms with Crippen LogP contribution in [0.15, 0.2) is 60.5 Å². The highest BCUT2D eigenvalue weighted by molar-refractivity contribution is 5.82. The number of benzene rings is 2. The Hall–Kier alpha value is -3.68. The number of carbonyl (C=O) groups is 1. The Balaban J connectivity index is 1.66. The van der Waals surface area contributed by atoms with Gasteiger partial charge in [-0.3, -0.25) is 0 Å².